The minimum atomic E-state index is 0.423. The SMILES string of the molecule is CCN(CC)CCCC(C)NC(=NC)NCCc1ccccn1. The first-order valence-corrected chi connectivity index (χ1v) is 8.79. The maximum absolute atomic E-state index is 4.33. The highest BCUT2D eigenvalue weighted by Gasteiger charge is 2.06. The van der Waals surface area contributed by atoms with Gasteiger partial charge in [-0.25, -0.2) is 0 Å². The predicted molar refractivity (Wildman–Crippen MR) is 98.9 cm³/mol. The van der Waals surface area contributed by atoms with Gasteiger partial charge in [0.1, 0.15) is 0 Å². The van der Waals surface area contributed by atoms with Crippen molar-refractivity contribution in [3.63, 3.8) is 0 Å². The summed E-state index contributed by atoms with van der Waals surface area (Å²) in [7, 11) is 1.82. The highest BCUT2D eigenvalue weighted by Crippen LogP contribution is 2.00. The summed E-state index contributed by atoms with van der Waals surface area (Å²) in [4.78, 5) is 11.1. The molecule has 0 aliphatic heterocycles. The van der Waals surface area contributed by atoms with Crippen LogP contribution in [0.2, 0.25) is 0 Å². The van der Waals surface area contributed by atoms with E-state index in [0.29, 0.717) is 6.04 Å². The van der Waals surface area contributed by atoms with Crippen LogP contribution in [0.4, 0.5) is 0 Å². The van der Waals surface area contributed by atoms with Crippen LogP contribution in [-0.4, -0.2) is 55.1 Å². The predicted octanol–water partition coefficient (Wildman–Crippen LogP) is 2.30. The van der Waals surface area contributed by atoms with Gasteiger partial charge in [-0.3, -0.25) is 9.98 Å². The first-order valence-electron chi connectivity index (χ1n) is 8.79. The molecule has 1 aromatic rings. The number of hydrogen-bond donors (Lipinski definition) is 2. The van der Waals surface area contributed by atoms with Crippen LogP contribution < -0.4 is 10.6 Å². The molecule has 1 heterocycles. The summed E-state index contributed by atoms with van der Waals surface area (Å²) in [5, 5.41) is 6.82. The summed E-state index contributed by atoms with van der Waals surface area (Å²) in [6.45, 7) is 10.9. The second-order valence-electron chi connectivity index (χ2n) is 5.78. The van der Waals surface area contributed by atoms with Crippen LogP contribution in [0.5, 0.6) is 0 Å². The van der Waals surface area contributed by atoms with Crippen molar-refractivity contribution in [1.29, 1.82) is 0 Å². The van der Waals surface area contributed by atoms with Crippen molar-refractivity contribution < 1.29 is 0 Å². The van der Waals surface area contributed by atoms with Crippen LogP contribution in [0.1, 0.15) is 39.3 Å². The Bertz CT molecular complexity index is 428. The van der Waals surface area contributed by atoms with Crippen LogP contribution >= 0.6 is 0 Å². The second-order valence-corrected chi connectivity index (χ2v) is 5.78. The summed E-state index contributed by atoms with van der Waals surface area (Å²) in [5.41, 5.74) is 1.10. The van der Waals surface area contributed by atoms with Crippen LogP contribution in [0.3, 0.4) is 0 Å². The lowest BCUT2D eigenvalue weighted by Gasteiger charge is -2.21. The van der Waals surface area contributed by atoms with Gasteiger partial charge in [0.15, 0.2) is 5.96 Å². The van der Waals surface area contributed by atoms with Gasteiger partial charge in [0.2, 0.25) is 0 Å². The van der Waals surface area contributed by atoms with E-state index < -0.39 is 0 Å². The Morgan fingerprint density at radius 2 is 2.09 bits per heavy atom. The summed E-state index contributed by atoms with van der Waals surface area (Å²) in [6.07, 6.45) is 5.09. The van der Waals surface area contributed by atoms with Gasteiger partial charge in [0, 0.05) is 37.9 Å². The van der Waals surface area contributed by atoms with Crippen LogP contribution in [0.25, 0.3) is 0 Å². The molecule has 0 aliphatic rings. The number of rotatable bonds is 10. The van der Waals surface area contributed by atoms with Crippen molar-refractivity contribution in [2.75, 3.05) is 33.2 Å². The number of pyridine rings is 1. The van der Waals surface area contributed by atoms with Gasteiger partial charge >= 0.3 is 0 Å². The highest BCUT2D eigenvalue weighted by atomic mass is 15.2. The molecule has 1 aromatic heterocycles. The normalized spacial score (nSPS) is 13.2. The van der Waals surface area contributed by atoms with E-state index in [4.69, 9.17) is 0 Å². The zero-order valence-electron chi connectivity index (χ0n) is 15.2. The molecule has 1 rings (SSSR count). The molecule has 0 spiro atoms. The molecule has 23 heavy (non-hydrogen) atoms. The number of aromatic nitrogens is 1. The minimum absolute atomic E-state index is 0.423. The van der Waals surface area contributed by atoms with E-state index in [-0.39, 0.29) is 0 Å². The molecule has 0 bridgehead atoms. The van der Waals surface area contributed by atoms with Gasteiger partial charge in [-0.2, -0.15) is 0 Å². The number of guanidine groups is 1. The average molecular weight is 319 g/mol. The molecule has 0 aromatic carbocycles. The lowest BCUT2D eigenvalue weighted by Crippen LogP contribution is -2.43. The summed E-state index contributed by atoms with van der Waals surface area (Å²) < 4.78 is 0. The number of aliphatic imine (C=N–C) groups is 1. The number of nitrogens with one attached hydrogen (secondary N) is 2. The van der Waals surface area contributed by atoms with E-state index in [1.807, 2.05) is 31.4 Å². The maximum Gasteiger partial charge on any atom is 0.191 e. The monoisotopic (exact) mass is 319 g/mol. The molecule has 2 N–H and O–H groups in total. The Labute approximate surface area is 141 Å². The Kier molecular flexibility index (Phi) is 10.0. The number of hydrogen-bond acceptors (Lipinski definition) is 3. The summed E-state index contributed by atoms with van der Waals surface area (Å²) in [5.74, 6) is 0.872. The second kappa shape index (κ2) is 11.9. The van der Waals surface area contributed by atoms with Crippen LogP contribution in [0.15, 0.2) is 29.4 Å². The van der Waals surface area contributed by atoms with Crippen molar-refractivity contribution in [3.8, 4) is 0 Å². The first-order chi connectivity index (χ1) is 11.2. The molecule has 0 amide bonds. The van der Waals surface area contributed by atoms with E-state index in [2.05, 4.69) is 46.3 Å². The van der Waals surface area contributed by atoms with Crippen molar-refractivity contribution >= 4 is 5.96 Å². The third-order valence-corrected chi connectivity index (χ3v) is 4.01. The average Bonchev–Trinajstić information content (AvgIpc) is 2.58. The lowest BCUT2D eigenvalue weighted by molar-refractivity contribution is 0.292. The zero-order valence-corrected chi connectivity index (χ0v) is 15.2. The quantitative estimate of drug-likeness (QED) is 0.513. The molecular formula is C18H33N5. The van der Waals surface area contributed by atoms with Crippen LogP contribution in [-0.2, 0) is 6.42 Å². The van der Waals surface area contributed by atoms with Crippen LogP contribution in [0, 0.1) is 0 Å². The smallest absolute Gasteiger partial charge is 0.191 e. The topological polar surface area (TPSA) is 52.5 Å². The van der Waals surface area contributed by atoms with E-state index in [0.717, 1.165) is 44.1 Å². The van der Waals surface area contributed by atoms with Crippen molar-refractivity contribution in [1.82, 2.24) is 20.5 Å². The fraction of sp³-hybridized carbons (Fsp3) is 0.667. The van der Waals surface area contributed by atoms with E-state index >= 15 is 0 Å². The van der Waals surface area contributed by atoms with Gasteiger partial charge in [-0.05, 0) is 51.5 Å². The van der Waals surface area contributed by atoms with Crippen molar-refractivity contribution in [2.24, 2.45) is 4.99 Å². The van der Waals surface area contributed by atoms with Gasteiger partial charge in [-0.15, -0.1) is 0 Å². The molecule has 1 atom stereocenters. The summed E-state index contributed by atoms with van der Waals surface area (Å²) >= 11 is 0. The van der Waals surface area contributed by atoms with E-state index in [1.54, 1.807) is 0 Å². The Morgan fingerprint density at radius 3 is 2.70 bits per heavy atom. The molecule has 0 radical (unpaired) electrons. The van der Waals surface area contributed by atoms with Gasteiger partial charge in [0.05, 0.1) is 0 Å². The molecule has 130 valence electrons. The standard InChI is InChI=1S/C18H33N5/c1-5-23(6-2)15-9-10-16(3)22-18(19-4)21-14-12-17-11-7-8-13-20-17/h7-8,11,13,16H,5-6,9-10,12,14-15H2,1-4H3,(H2,19,21,22). The molecule has 0 saturated carbocycles. The minimum Gasteiger partial charge on any atom is -0.356 e. The molecular weight excluding hydrogens is 286 g/mol. The third-order valence-electron chi connectivity index (χ3n) is 4.01. The van der Waals surface area contributed by atoms with Crippen molar-refractivity contribution in [2.45, 2.75) is 46.1 Å². The highest BCUT2D eigenvalue weighted by molar-refractivity contribution is 5.79. The first kappa shape index (κ1) is 19.4. The molecule has 0 fully saturated rings. The molecule has 5 heteroatoms. The molecule has 5 nitrogen and oxygen atoms in total. The fourth-order valence-electron chi connectivity index (χ4n) is 2.52. The molecule has 0 aliphatic carbocycles. The Balaban J connectivity index is 2.22. The lowest BCUT2D eigenvalue weighted by atomic mass is 10.2. The fourth-order valence-corrected chi connectivity index (χ4v) is 2.52. The third kappa shape index (κ3) is 8.55. The Morgan fingerprint density at radius 1 is 1.30 bits per heavy atom. The van der Waals surface area contributed by atoms with Crippen molar-refractivity contribution in [3.05, 3.63) is 30.1 Å². The zero-order chi connectivity index (χ0) is 16.9. The van der Waals surface area contributed by atoms with Gasteiger partial charge in [0.25, 0.3) is 0 Å². The number of nitrogens with zero attached hydrogens (tertiary/aromatic N) is 3. The Hall–Kier alpha value is -1.62. The molecule has 0 saturated heterocycles. The molecule has 1 unspecified atom stereocenters. The van der Waals surface area contributed by atoms with Gasteiger partial charge < -0.3 is 15.5 Å². The van der Waals surface area contributed by atoms with E-state index in [9.17, 15) is 0 Å². The maximum atomic E-state index is 4.33. The largest absolute Gasteiger partial charge is 0.356 e. The van der Waals surface area contributed by atoms with Gasteiger partial charge in [-0.1, -0.05) is 19.9 Å². The van der Waals surface area contributed by atoms with E-state index in [1.165, 1.54) is 13.0 Å². The summed E-state index contributed by atoms with van der Waals surface area (Å²) in [6, 6.07) is 6.44.